The molecule has 5 nitrogen and oxygen atoms in total. The molecule has 0 N–H and O–H groups in total. The second kappa shape index (κ2) is 7.08. The van der Waals surface area contributed by atoms with Crippen LogP contribution in [0.1, 0.15) is 50.4 Å². The van der Waals surface area contributed by atoms with E-state index in [1.54, 1.807) is 6.07 Å². The third kappa shape index (κ3) is 2.91. The topological polar surface area (TPSA) is 65.7 Å². The largest absolute Gasteiger partial charge is 0.493 e. The van der Waals surface area contributed by atoms with Crippen LogP contribution in [0, 0.1) is 12.8 Å². The average Bonchev–Trinajstić information content (AvgIpc) is 2.78. The maximum absolute atomic E-state index is 13.7. The molecule has 0 unspecified atom stereocenters. The van der Waals surface area contributed by atoms with Crippen LogP contribution in [0.25, 0.3) is 22.1 Å². The normalized spacial score (nSPS) is 23.3. The van der Waals surface area contributed by atoms with Crippen LogP contribution < -0.4 is 10.2 Å². The number of hydrogen-bond acceptors (Lipinski definition) is 5. The number of ether oxygens (including phenoxy) is 2. The number of hydrogen-bond donors (Lipinski definition) is 0. The van der Waals surface area contributed by atoms with Crippen molar-refractivity contribution >= 4 is 16.8 Å². The highest BCUT2D eigenvalue weighted by molar-refractivity contribution is 6.00. The van der Waals surface area contributed by atoms with Gasteiger partial charge in [-0.05, 0) is 44.9 Å². The molecule has 3 heterocycles. The second-order valence-electron chi connectivity index (χ2n) is 9.80. The third-order valence-electron chi connectivity index (χ3n) is 7.43. The van der Waals surface area contributed by atoms with E-state index in [0.717, 1.165) is 35.3 Å². The second-order valence-corrected chi connectivity index (χ2v) is 9.80. The van der Waals surface area contributed by atoms with Gasteiger partial charge in [-0.25, -0.2) is 0 Å². The Morgan fingerprint density at radius 3 is 2.58 bits per heavy atom. The van der Waals surface area contributed by atoms with Crippen LogP contribution in [0.5, 0.6) is 5.75 Å². The molecule has 0 saturated carbocycles. The van der Waals surface area contributed by atoms with E-state index >= 15 is 0 Å². The van der Waals surface area contributed by atoms with Crippen LogP contribution in [0.15, 0.2) is 63.0 Å². The van der Waals surface area contributed by atoms with E-state index in [1.807, 2.05) is 43.3 Å². The highest BCUT2D eigenvalue weighted by Crippen LogP contribution is 2.55. The Bertz CT molecular complexity index is 1390. The Hall–Kier alpha value is -3.34. The summed E-state index contributed by atoms with van der Waals surface area (Å²) in [4.78, 5) is 26.8. The molecule has 0 amide bonds. The van der Waals surface area contributed by atoms with E-state index in [0.29, 0.717) is 41.1 Å². The van der Waals surface area contributed by atoms with E-state index in [2.05, 4.69) is 13.8 Å². The number of fused-ring (bicyclic) bond motifs is 6. The monoisotopic (exact) mass is 442 g/mol. The van der Waals surface area contributed by atoms with Crippen molar-refractivity contribution in [3.63, 3.8) is 0 Å². The summed E-state index contributed by atoms with van der Waals surface area (Å²) in [5.41, 5.74) is 2.90. The number of carbonyl (C=O) groups excluding carboxylic acids is 1. The first-order valence-electron chi connectivity index (χ1n) is 11.6. The predicted octanol–water partition coefficient (Wildman–Crippen LogP) is 5.68. The zero-order chi connectivity index (χ0) is 22.9. The van der Waals surface area contributed by atoms with Crippen molar-refractivity contribution in [1.29, 1.82) is 0 Å². The summed E-state index contributed by atoms with van der Waals surface area (Å²) in [5.74, 6) is 1.89. The third-order valence-corrected chi connectivity index (χ3v) is 7.43. The van der Waals surface area contributed by atoms with Crippen LogP contribution in [-0.2, 0) is 9.53 Å². The lowest BCUT2D eigenvalue weighted by molar-refractivity contribution is -0.121. The molecule has 0 saturated heterocycles. The van der Waals surface area contributed by atoms with Gasteiger partial charge >= 0.3 is 0 Å². The Kier molecular flexibility index (Phi) is 4.35. The smallest absolute Gasteiger partial charge is 0.200 e. The fourth-order valence-electron chi connectivity index (χ4n) is 5.83. The molecule has 0 spiro atoms. The zero-order valence-electron chi connectivity index (χ0n) is 19.1. The van der Waals surface area contributed by atoms with Crippen molar-refractivity contribution in [2.75, 3.05) is 6.61 Å². The van der Waals surface area contributed by atoms with Gasteiger partial charge in [-0.15, -0.1) is 0 Å². The van der Waals surface area contributed by atoms with Gasteiger partial charge in [0.2, 0.25) is 5.43 Å². The van der Waals surface area contributed by atoms with Crippen molar-refractivity contribution in [3.8, 4) is 16.9 Å². The molecule has 2 aliphatic heterocycles. The summed E-state index contributed by atoms with van der Waals surface area (Å²) in [5, 5.41) is 0.511. The van der Waals surface area contributed by atoms with Crippen molar-refractivity contribution in [2.24, 2.45) is 5.92 Å². The molecule has 5 heteroatoms. The number of Topliss-reactive ketones (excluding diaryl/α,β-unsaturated/α-hetero) is 1. The predicted molar refractivity (Wildman–Crippen MR) is 125 cm³/mol. The Labute approximate surface area is 192 Å². The van der Waals surface area contributed by atoms with Gasteiger partial charge in [0.1, 0.15) is 28.5 Å². The summed E-state index contributed by atoms with van der Waals surface area (Å²) in [6, 6.07) is 13.2. The van der Waals surface area contributed by atoms with E-state index in [-0.39, 0.29) is 23.0 Å². The molecule has 3 aromatic rings. The fraction of sp³-hybridized carbons (Fsp3) is 0.357. The molecule has 0 bridgehead atoms. The number of aryl methyl sites for hydroxylation is 1. The van der Waals surface area contributed by atoms with Crippen molar-refractivity contribution in [1.82, 2.24) is 0 Å². The van der Waals surface area contributed by atoms with Crippen LogP contribution in [0.3, 0.4) is 0 Å². The van der Waals surface area contributed by atoms with Gasteiger partial charge in [-0.2, -0.15) is 0 Å². The van der Waals surface area contributed by atoms with E-state index < -0.39 is 5.60 Å². The molecular formula is C28H26O5. The van der Waals surface area contributed by atoms with Gasteiger partial charge in [0, 0.05) is 35.8 Å². The molecular weight excluding hydrogens is 416 g/mol. The standard InChI is InChI=1S/C28H26O5/c1-15-22(16-8-5-4-6-9-16)26(30)17-12-13-20-25(27(17)32-15)23-18(14-31-20)28(2,3)33-21-11-7-10-19(29)24(21)23/h4-6,8-9,12-13,18,23H,7,10-11,14H2,1-3H3/t18-,23+/m0/s1. The molecule has 33 heavy (non-hydrogen) atoms. The first-order chi connectivity index (χ1) is 15.9. The highest BCUT2D eigenvalue weighted by Gasteiger charge is 2.52. The number of ketones is 1. The fourth-order valence-corrected chi connectivity index (χ4v) is 5.83. The number of allylic oxidation sites excluding steroid dienone is 2. The van der Waals surface area contributed by atoms with Crippen LogP contribution in [0.2, 0.25) is 0 Å². The quantitative estimate of drug-likeness (QED) is 0.485. The molecule has 0 radical (unpaired) electrons. The number of rotatable bonds is 1. The van der Waals surface area contributed by atoms with Gasteiger partial charge in [0.05, 0.1) is 17.6 Å². The summed E-state index contributed by atoms with van der Waals surface area (Å²) >= 11 is 0. The minimum atomic E-state index is -0.500. The summed E-state index contributed by atoms with van der Waals surface area (Å²) in [6.45, 7) is 6.39. The Morgan fingerprint density at radius 2 is 1.79 bits per heavy atom. The maximum atomic E-state index is 13.7. The van der Waals surface area contributed by atoms with Gasteiger partial charge < -0.3 is 13.9 Å². The first kappa shape index (κ1) is 20.3. The molecule has 6 rings (SSSR count). The van der Waals surface area contributed by atoms with Gasteiger partial charge in [-0.3, -0.25) is 9.59 Å². The highest BCUT2D eigenvalue weighted by atomic mass is 16.5. The molecule has 168 valence electrons. The lowest BCUT2D eigenvalue weighted by atomic mass is 9.67. The molecule has 1 aliphatic carbocycles. The lowest BCUT2D eigenvalue weighted by Crippen LogP contribution is -2.49. The molecule has 2 aromatic carbocycles. The minimum absolute atomic E-state index is 0.0594. The summed E-state index contributed by atoms with van der Waals surface area (Å²) in [6.07, 6.45) is 2.09. The summed E-state index contributed by atoms with van der Waals surface area (Å²) < 4.78 is 18.9. The van der Waals surface area contributed by atoms with E-state index in [9.17, 15) is 9.59 Å². The number of benzene rings is 2. The molecule has 2 atom stereocenters. The van der Waals surface area contributed by atoms with Gasteiger partial charge in [0.15, 0.2) is 5.78 Å². The zero-order valence-corrected chi connectivity index (χ0v) is 19.1. The maximum Gasteiger partial charge on any atom is 0.200 e. The van der Waals surface area contributed by atoms with Gasteiger partial charge in [-0.1, -0.05) is 30.3 Å². The Balaban J connectivity index is 1.66. The first-order valence-corrected chi connectivity index (χ1v) is 11.6. The molecule has 1 aromatic heterocycles. The van der Waals surface area contributed by atoms with Crippen molar-refractivity contribution in [2.45, 2.75) is 51.6 Å². The number of carbonyl (C=O) groups is 1. The van der Waals surface area contributed by atoms with Crippen molar-refractivity contribution < 1.29 is 18.7 Å². The van der Waals surface area contributed by atoms with E-state index in [4.69, 9.17) is 13.9 Å². The van der Waals surface area contributed by atoms with Crippen LogP contribution in [0.4, 0.5) is 0 Å². The minimum Gasteiger partial charge on any atom is -0.493 e. The van der Waals surface area contributed by atoms with Crippen LogP contribution >= 0.6 is 0 Å². The van der Waals surface area contributed by atoms with Crippen molar-refractivity contribution in [3.05, 3.63) is 75.3 Å². The molecule has 3 aliphatic rings. The molecule has 0 fully saturated rings. The van der Waals surface area contributed by atoms with E-state index in [1.165, 1.54) is 0 Å². The Morgan fingerprint density at radius 1 is 1.00 bits per heavy atom. The average molecular weight is 443 g/mol. The van der Waals surface area contributed by atoms with Crippen LogP contribution in [-0.4, -0.2) is 18.0 Å². The summed E-state index contributed by atoms with van der Waals surface area (Å²) in [7, 11) is 0. The SMILES string of the molecule is Cc1oc2c3c(ccc2c(=O)c1-c1ccccc1)OC[C@H]1[C@@H]3C2=C(CCCC2=O)OC1(C)C. The lowest BCUT2D eigenvalue weighted by Gasteiger charge is -2.49. The van der Waals surface area contributed by atoms with Gasteiger partial charge in [0.25, 0.3) is 0 Å².